The van der Waals surface area contributed by atoms with Gasteiger partial charge in [0.25, 0.3) is 0 Å². The number of rotatable bonds is 1. The molecule has 0 unspecified atom stereocenters. The Bertz CT molecular complexity index is 940. The second-order valence-corrected chi connectivity index (χ2v) is 6.21. The Hall–Kier alpha value is -2.86. The minimum Gasteiger partial charge on any atom is -0.383 e. The Labute approximate surface area is 147 Å². The zero-order valence-corrected chi connectivity index (χ0v) is 13.9. The number of carbonyl (C=O) groups excluding carboxylic acids is 2. The lowest BCUT2D eigenvalue weighted by molar-refractivity contribution is -0.151. The minimum absolute atomic E-state index is 0.130. The topological polar surface area (TPSA) is 49.9 Å². The molecular weight excluding hydrogens is 347 g/mol. The van der Waals surface area contributed by atoms with Gasteiger partial charge < -0.3 is 14.5 Å². The molecule has 126 valence electrons. The molecule has 0 N–H and O–H groups in total. The van der Waals surface area contributed by atoms with Gasteiger partial charge in [-0.25, -0.2) is 14.0 Å². The van der Waals surface area contributed by atoms with Crippen molar-refractivity contribution in [3.8, 4) is 0 Å². The number of carbonyl (C=O) groups is 2. The van der Waals surface area contributed by atoms with Crippen LogP contribution in [0.25, 0.3) is 0 Å². The van der Waals surface area contributed by atoms with Gasteiger partial charge in [-0.3, -0.25) is 0 Å². The van der Waals surface area contributed by atoms with Crippen molar-refractivity contribution in [1.82, 2.24) is 0 Å². The van der Waals surface area contributed by atoms with Gasteiger partial charge in [-0.05, 0) is 48.0 Å². The van der Waals surface area contributed by atoms with Crippen LogP contribution in [-0.4, -0.2) is 19.0 Å². The largest absolute Gasteiger partial charge is 0.383 e. The fourth-order valence-electron chi connectivity index (χ4n) is 3.13. The Morgan fingerprint density at radius 3 is 2.44 bits per heavy atom. The molecule has 0 aliphatic carbocycles. The van der Waals surface area contributed by atoms with E-state index in [0.717, 1.165) is 0 Å². The van der Waals surface area contributed by atoms with Gasteiger partial charge in [-0.1, -0.05) is 11.6 Å². The summed E-state index contributed by atoms with van der Waals surface area (Å²) < 4.78 is 18.6. The lowest BCUT2D eigenvalue weighted by Gasteiger charge is -2.23. The van der Waals surface area contributed by atoms with Crippen LogP contribution >= 0.6 is 11.6 Å². The molecule has 7 heteroatoms. The molecule has 0 bridgehead atoms. The summed E-state index contributed by atoms with van der Waals surface area (Å²) in [6, 6.07) is 11.1. The number of likely N-dealkylation sites (N-methyl/N-ethyl adjacent to an activating group) is 1. The van der Waals surface area contributed by atoms with E-state index in [2.05, 4.69) is 0 Å². The van der Waals surface area contributed by atoms with Crippen LogP contribution in [0.15, 0.2) is 53.9 Å². The first-order chi connectivity index (χ1) is 12.0. The van der Waals surface area contributed by atoms with Crippen LogP contribution in [0, 0.1) is 5.82 Å². The number of anilines is 2. The highest BCUT2D eigenvalue weighted by molar-refractivity contribution is 6.30. The fraction of sp³-hybridized carbons (Fsp3) is 0.111. The molecule has 0 saturated carbocycles. The maximum absolute atomic E-state index is 13.8. The van der Waals surface area contributed by atoms with Crippen molar-refractivity contribution in [2.75, 3.05) is 16.8 Å². The Kier molecular flexibility index (Phi) is 3.51. The summed E-state index contributed by atoms with van der Waals surface area (Å²) in [6.07, 6.45) is 0. The molecule has 0 atom stereocenters. The van der Waals surface area contributed by atoms with E-state index in [1.807, 2.05) is 0 Å². The minimum atomic E-state index is -0.727. The molecule has 2 aliphatic rings. The lowest BCUT2D eigenvalue weighted by Crippen LogP contribution is -2.26. The van der Waals surface area contributed by atoms with Crippen LogP contribution in [-0.2, 0) is 20.9 Å². The molecule has 2 aromatic carbocycles. The molecule has 25 heavy (non-hydrogen) atoms. The van der Waals surface area contributed by atoms with Gasteiger partial charge in [0.15, 0.2) is 11.4 Å². The number of esters is 2. The first-order valence-electron chi connectivity index (χ1n) is 7.52. The van der Waals surface area contributed by atoms with E-state index in [-0.39, 0.29) is 23.8 Å². The van der Waals surface area contributed by atoms with E-state index in [1.165, 1.54) is 12.1 Å². The second kappa shape index (κ2) is 5.60. The van der Waals surface area contributed by atoms with E-state index in [4.69, 9.17) is 16.3 Å². The molecule has 2 aliphatic heterocycles. The SMILES string of the molecule is CN1C2=C(C(=O)OC2=O)N(c2ccc(Cl)cc2)Cc2cc(F)ccc21. The molecule has 2 aromatic rings. The van der Waals surface area contributed by atoms with Gasteiger partial charge in [-0.2, -0.15) is 0 Å². The van der Waals surface area contributed by atoms with E-state index < -0.39 is 11.9 Å². The summed E-state index contributed by atoms with van der Waals surface area (Å²) in [5.41, 5.74) is 2.19. The summed E-state index contributed by atoms with van der Waals surface area (Å²) in [5.74, 6) is -1.84. The molecule has 0 fully saturated rings. The molecule has 0 spiro atoms. The van der Waals surface area contributed by atoms with E-state index in [9.17, 15) is 14.0 Å². The van der Waals surface area contributed by atoms with Crippen molar-refractivity contribution in [3.63, 3.8) is 0 Å². The van der Waals surface area contributed by atoms with E-state index >= 15 is 0 Å². The number of hydrogen-bond donors (Lipinski definition) is 0. The highest BCUT2D eigenvalue weighted by Crippen LogP contribution is 2.38. The van der Waals surface area contributed by atoms with E-state index in [0.29, 0.717) is 22.0 Å². The Morgan fingerprint density at radius 1 is 1.04 bits per heavy atom. The van der Waals surface area contributed by atoms with Gasteiger partial charge in [0.05, 0.1) is 6.54 Å². The van der Waals surface area contributed by atoms with Gasteiger partial charge in [0, 0.05) is 23.4 Å². The normalized spacial score (nSPS) is 16.6. The molecule has 2 heterocycles. The first kappa shape index (κ1) is 15.7. The van der Waals surface area contributed by atoms with Gasteiger partial charge >= 0.3 is 11.9 Å². The quantitative estimate of drug-likeness (QED) is 0.578. The van der Waals surface area contributed by atoms with Crippen LogP contribution in [0.2, 0.25) is 5.02 Å². The molecule has 0 amide bonds. The van der Waals surface area contributed by atoms with Crippen LogP contribution < -0.4 is 9.80 Å². The average molecular weight is 359 g/mol. The van der Waals surface area contributed by atoms with Crippen molar-refractivity contribution in [1.29, 1.82) is 0 Å². The standard InChI is InChI=1S/C18H12ClFN2O3/c1-21-14-7-4-12(20)8-10(14)9-22(13-5-2-11(19)3-6-13)16-15(21)17(23)25-18(16)24/h2-8H,9H2,1H3. The molecule has 0 radical (unpaired) electrons. The molecule has 0 aromatic heterocycles. The summed E-state index contributed by atoms with van der Waals surface area (Å²) in [6.45, 7) is 0.209. The summed E-state index contributed by atoms with van der Waals surface area (Å²) in [7, 11) is 1.65. The van der Waals surface area contributed by atoms with Crippen molar-refractivity contribution < 1.29 is 18.7 Å². The number of benzene rings is 2. The van der Waals surface area contributed by atoms with Crippen molar-refractivity contribution in [2.24, 2.45) is 0 Å². The third kappa shape index (κ3) is 2.46. The van der Waals surface area contributed by atoms with Gasteiger partial charge in [0.1, 0.15) is 5.82 Å². The maximum atomic E-state index is 13.8. The van der Waals surface area contributed by atoms with Crippen LogP contribution in [0.1, 0.15) is 5.56 Å². The second-order valence-electron chi connectivity index (χ2n) is 5.77. The first-order valence-corrected chi connectivity index (χ1v) is 7.89. The molecule has 4 rings (SSSR count). The predicted octanol–water partition coefficient (Wildman–Crippen LogP) is 3.23. The molecule has 5 nitrogen and oxygen atoms in total. The Balaban J connectivity index is 1.95. The summed E-state index contributed by atoms with van der Waals surface area (Å²) in [4.78, 5) is 27.7. The van der Waals surface area contributed by atoms with Crippen LogP contribution in [0.3, 0.4) is 0 Å². The fourth-order valence-corrected chi connectivity index (χ4v) is 3.25. The zero-order valence-electron chi connectivity index (χ0n) is 13.1. The number of halogens is 2. The third-order valence-corrected chi connectivity index (χ3v) is 4.52. The predicted molar refractivity (Wildman–Crippen MR) is 90.6 cm³/mol. The van der Waals surface area contributed by atoms with Crippen LogP contribution in [0.5, 0.6) is 0 Å². The lowest BCUT2D eigenvalue weighted by atomic mass is 10.1. The van der Waals surface area contributed by atoms with Crippen molar-refractivity contribution in [3.05, 3.63) is 70.3 Å². The molecular formula is C18H12ClFN2O3. The third-order valence-electron chi connectivity index (χ3n) is 4.27. The smallest absolute Gasteiger partial charge is 0.365 e. The zero-order chi connectivity index (χ0) is 17.7. The monoisotopic (exact) mass is 358 g/mol. The number of hydrogen-bond acceptors (Lipinski definition) is 5. The maximum Gasteiger partial charge on any atom is 0.365 e. The highest BCUT2D eigenvalue weighted by Gasteiger charge is 2.42. The Morgan fingerprint density at radius 2 is 1.72 bits per heavy atom. The number of nitrogens with zero attached hydrogens (tertiary/aromatic N) is 2. The number of fused-ring (bicyclic) bond motifs is 1. The number of cyclic esters (lactones) is 2. The van der Waals surface area contributed by atoms with E-state index in [1.54, 1.807) is 47.2 Å². The van der Waals surface area contributed by atoms with Gasteiger partial charge in [-0.15, -0.1) is 0 Å². The number of ether oxygens (including phenoxy) is 1. The summed E-state index contributed by atoms with van der Waals surface area (Å²) >= 11 is 5.94. The molecule has 0 saturated heterocycles. The van der Waals surface area contributed by atoms with Gasteiger partial charge in [0.2, 0.25) is 0 Å². The average Bonchev–Trinajstić information content (AvgIpc) is 2.79. The van der Waals surface area contributed by atoms with Crippen molar-refractivity contribution >= 4 is 34.9 Å². The van der Waals surface area contributed by atoms with Crippen molar-refractivity contribution in [2.45, 2.75) is 6.54 Å². The highest BCUT2D eigenvalue weighted by atomic mass is 35.5. The summed E-state index contributed by atoms with van der Waals surface area (Å²) in [5, 5.41) is 0.543. The van der Waals surface area contributed by atoms with Crippen LogP contribution in [0.4, 0.5) is 15.8 Å².